The molecule has 0 aliphatic heterocycles. The second-order valence-electron chi connectivity index (χ2n) is 5.64. The molecule has 1 aromatic carbocycles. The number of imide groups is 1. The lowest BCUT2D eigenvalue weighted by Crippen LogP contribution is -2.45. The SMILES string of the molecule is C.CC.Cc1cc[n+](CC(=O)CN(C=O)C(=O)c2ccccc2C)c(C)n1. The van der Waals surface area contributed by atoms with Crippen LogP contribution in [0.1, 0.15) is 48.7 Å². The first-order valence-corrected chi connectivity index (χ1v) is 8.59. The Balaban J connectivity index is 0.00000218. The van der Waals surface area contributed by atoms with Crippen LogP contribution in [0.25, 0.3) is 0 Å². The van der Waals surface area contributed by atoms with Crippen LogP contribution >= 0.6 is 0 Å². The van der Waals surface area contributed by atoms with E-state index in [-0.39, 0.29) is 26.3 Å². The summed E-state index contributed by atoms with van der Waals surface area (Å²) >= 11 is 0. The van der Waals surface area contributed by atoms with Crippen molar-refractivity contribution in [1.29, 1.82) is 0 Å². The molecular formula is C21H30N3O3+. The van der Waals surface area contributed by atoms with Crippen LogP contribution in [0.3, 0.4) is 0 Å². The molecule has 0 bridgehead atoms. The maximum atomic E-state index is 12.4. The van der Waals surface area contributed by atoms with Crippen molar-refractivity contribution in [1.82, 2.24) is 9.88 Å². The van der Waals surface area contributed by atoms with Crippen molar-refractivity contribution < 1.29 is 19.0 Å². The number of carbonyl (C=O) groups excluding carboxylic acids is 3. The standard InChI is InChI=1S/C18H20N3O3.C2H6.CH4/c1-13-6-4-5-7-17(13)18(24)21(12-22)11-16(23)10-20-9-8-14(2)19-15(20)3;1-2;/h4-9,12H,10-11H2,1-3H3;1-2H3;1H4/q+1;;. The zero-order valence-corrected chi connectivity index (χ0v) is 16.0. The summed E-state index contributed by atoms with van der Waals surface area (Å²) in [5.41, 5.74) is 2.04. The maximum absolute atomic E-state index is 12.4. The monoisotopic (exact) mass is 372 g/mol. The molecule has 0 fully saturated rings. The van der Waals surface area contributed by atoms with Gasteiger partial charge < -0.3 is 0 Å². The van der Waals surface area contributed by atoms with Crippen LogP contribution in [0.4, 0.5) is 0 Å². The minimum absolute atomic E-state index is 0. The number of Topliss-reactive ketones (excluding diaryl/α,β-unsaturated/α-hetero) is 1. The summed E-state index contributed by atoms with van der Waals surface area (Å²) in [6, 6.07) is 8.77. The Kier molecular flexibility index (Phi) is 10.4. The molecule has 146 valence electrons. The van der Waals surface area contributed by atoms with E-state index in [2.05, 4.69) is 4.98 Å². The summed E-state index contributed by atoms with van der Waals surface area (Å²) in [5.74, 6) is -0.0192. The summed E-state index contributed by atoms with van der Waals surface area (Å²) in [4.78, 5) is 41.1. The molecule has 0 saturated carbocycles. The lowest BCUT2D eigenvalue weighted by molar-refractivity contribution is -0.693. The van der Waals surface area contributed by atoms with Crippen LogP contribution in [-0.4, -0.2) is 34.5 Å². The second-order valence-corrected chi connectivity index (χ2v) is 5.64. The maximum Gasteiger partial charge on any atom is 0.295 e. The highest BCUT2D eigenvalue weighted by atomic mass is 16.2. The first kappa shape index (κ1) is 24.1. The topological polar surface area (TPSA) is 71.2 Å². The minimum Gasteiger partial charge on any atom is -0.293 e. The Labute approximate surface area is 161 Å². The van der Waals surface area contributed by atoms with Gasteiger partial charge in [-0.1, -0.05) is 44.5 Å². The number of aromatic nitrogens is 2. The van der Waals surface area contributed by atoms with Gasteiger partial charge in [-0.2, -0.15) is 0 Å². The molecule has 2 rings (SSSR count). The largest absolute Gasteiger partial charge is 0.295 e. The summed E-state index contributed by atoms with van der Waals surface area (Å²) in [6.45, 7) is 9.25. The number of ketones is 1. The third kappa shape index (κ3) is 6.73. The molecule has 0 unspecified atom stereocenters. The number of carbonyl (C=O) groups is 3. The predicted octanol–water partition coefficient (Wildman–Crippen LogP) is 2.82. The van der Waals surface area contributed by atoms with Crippen molar-refractivity contribution in [2.75, 3.05) is 6.54 Å². The molecule has 0 spiro atoms. The van der Waals surface area contributed by atoms with Crippen LogP contribution < -0.4 is 4.57 Å². The smallest absolute Gasteiger partial charge is 0.293 e. The van der Waals surface area contributed by atoms with Gasteiger partial charge in [-0.05, 0) is 18.6 Å². The number of aryl methyl sites for hydroxylation is 3. The normalized spacial score (nSPS) is 9.37. The molecule has 6 heteroatoms. The van der Waals surface area contributed by atoms with E-state index >= 15 is 0 Å². The van der Waals surface area contributed by atoms with E-state index in [0.717, 1.165) is 16.2 Å². The molecule has 0 radical (unpaired) electrons. The summed E-state index contributed by atoms with van der Waals surface area (Å²) in [5, 5.41) is 0. The zero-order valence-electron chi connectivity index (χ0n) is 16.0. The predicted molar refractivity (Wildman–Crippen MR) is 105 cm³/mol. The molecule has 6 nitrogen and oxygen atoms in total. The van der Waals surface area contributed by atoms with Crippen LogP contribution in [0, 0.1) is 20.8 Å². The fraction of sp³-hybridized carbons (Fsp3) is 0.381. The average Bonchev–Trinajstić information content (AvgIpc) is 2.63. The highest BCUT2D eigenvalue weighted by Crippen LogP contribution is 2.09. The van der Waals surface area contributed by atoms with Gasteiger partial charge in [-0.25, -0.2) is 4.57 Å². The van der Waals surface area contributed by atoms with E-state index in [4.69, 9.17) is 0 Å². The van der Waals surface area contributed by atoms with Crippen LogP contribution in [0.2, 0.25) is 0 Å². The molecular weight excluding hydrogens is 342 g/mol. The number of amides is 2. The van der Waals surface area contributed by atoms with Crippen LogP contribution in [0.15, 0.2) is 36.5 Å². The Morgan fingerprint density at radius 1 is 1.11 bits per heavy atom. The van der Waals surface area contributed by atoms with Gasteiger partial charge in [-0.3, -0.25) is 19.3 Å². The lowest BCUT2D eigenvalue weighted by Gasteiger charge is -2.15. The first-order chi connectivity index (χ1) is 12.4. The number of nitrogens with zero attached hydrogens (tertiary/aromatic N) is 3. The zero-order chi connectivity index (χ0) is 19.7. The molecule has 27 heavy (non-hydrogen) atoms. The van der Waals surface area contributed by atoms with E-state index < -0.39 is 5.91 Å². The molecule has 0 atom stereocenters. The van der Waals surface area contributed by atoms with Crippen molar-refractivity contribution in [2.45, 2.75) is 48.6 Å². The number of rotatable bonds is 6. The summed E-state index contributed by atoms with van der Waals surface area (Å²) in [6.07, 6.45) is 2.17. The van der Waals surface area contributed by atoms with Crippen molar-refractivity contribution in [3.8, 4) is 0 Å². The number of hydrogen-bond acceptors (Lipinski definition) is 4. The van der Waals surface area contributed by atoms with Gasteiger partial charge >= 0.3 is 0 Å². The third-order valence-corrected chi connectivity index (χ3v) is 3.71. The van der Waals surface area contributed by atoms with Crippen molar-refractivity contribution in [3.63, 3.8) is 0 Å². The Bertz CT molecular complexity index is 788. The van der Waals surface area contributed by atoms with Gasteiger partial charge in [0.2, 0.25) is 6.41 Å². The summed E-state index contributed by atoms with van der Waals surface area (Å²) < 4.78 is 1.69. The van der Waals surface area contributed by atoms with Gasteiger partial charge in [0.1, 0.15) is 0 Å². The number of benzene rings is 1. The van der Waals surface area contributed by atoms with Crippen molar-refractivity contribution >= 4 is 18.1 Å². The second kappa shape index (κ2) is 11.7. The third-order valence-electron chi connectivity index (χ3n) is 3.71. The van der Waals surface area contributed by atoms with Gasteiger partial charge in [0, 0.05) is 25.5 Å². The minimum atomic E-state index is -0.472. The van der Waals surface area contributed by atoms with Gasteiger partial charge in [0.05, 0.1) is 12.7 Å². The van der Waals surface area contributed by atoms with E-state index in [9.17, 15) is 14.4 Å². The molecule has 0 aliphatic rings. The fourth-order valence-electron chi connectivity index (χ4n) is 2.38. The van der Waals surface area contributed by atoms with Gasteiger partial charge in [0.25, 0.3) is 11.7 Å². The number of hydrogen-bond donors (Lipinski definition) is 0. The highest BCUT2D eigenvalue weighted by Gasteiger charge is 2.21. The molecule has 1 aromatic heterocycles. The first-order valence-electron chi connectivity index (χ1n) is 8.59. The van der Waals surface area contributed by atoms with Gasteiger partial charge in [0.15, 0.2) is 18.0 Å². The van der Waals surface area contributed by atoms with E-state index in [1.807, 2.05) is 26.8 Å². The quantitative estimate of drug-likeness (QED) is 0.577. The van der Waals surface area contributed by atoms with E-state index in [1.165, 1.54) is 0 Å². The molecule has 0 aliphatic carbocycles. The van der Waals surface area contributed by atoms with Crippen molar-refractivity contribution in [3.05, 3.63) is 59.2 Å². The molecule has 0 saturated heterocycles. The van der Waals surface area contributed by atoms with Crippen LogP contribution in [-0.2, 0) is 16.1 Å². The Morgan fingerprint density at radius 2 is 1.74 bits per heavy atom. The van der Waals surface area contributed by atoms with E-state index in [1.54, 1.807) is 48.9 Å². The average molecular weight is 372 g/mol. The van der Waals surface area contributed by atoms with E-state index in [0.29, 0.717) is 17.8 Å². The molecule has 0 N–H and O–H groups in total. The Hall–Kier alpha value is -2.89. The van der Waals surface area contributed by atoms with Crippen LogP contribution in [0.5, 0.6) is 0 Å². The summed E-state index contributed by atoms with van der Waals surface area (Å²) in [7, 11) is 0. The lowest BCUT2D eigenvalue weighted by atomic mass is 10.1. The molecule has 2 aromatic rings. The van der Waals surface area contributed by atoms with Crippen molar-refractivity contribution in [2.24, 2.45) is 0 Å². The fourth-order valence-corrected chi connectivity index (χ4v) is 2.38. The van der Waals surface area contributed by atoms with Gasteiger partial charge in [-0.15, -0.1) is 0 Å². The molecule has 1 heterocycles. The molecule has 2 amide bonds. The Morgan fingerprint density at radius 3 is 2.30 bits per heavy atom. The highest BCUT2D eigenvalue weighted by molar-refractivity contribution is 6.03.